The SMILES string of the molecule is CCOC(=O)C1=C(C)N=c2s/c(=C/c3cc(I)c(OCc4ccc(C(=O)O)cc4)c(I)c3)c(=O)n2[C@@H]1c1ccc(C)cc1. The fourth-order valence-corrected chi connectivity index (χ4v) is 7.88. The summed E-state index contributed by atoms with van der Waals surface area (Å²) in [4.78, 5) is 43.3. The Morgan fingerprint density at radius 1 is 1.05 bits per heavy atom. The van der Waals surface area contributed by atoms with E-state index in [1.807, 2.05) is 49.4 Å². The number of hydrogen-bond acceptors (Lipinski definition) is 7. The molecule has 8 nitrogen and oxygen atoms in total. The van der Waals surface area contributed by atoms with Crippen molar-refractivity contribution in [3.63, 3.8) is 0 Å². The summed E-state index contributed by atoms with van der Waals surface area (Å²) >= 11 is 5.69. The van der Waals surface area contributed by atoms with Gasteiger partial charge in [-0.3, -0.25) is 9.36 Å². The van der Waals surface area contributed by atoms with Crippen molar-refractivity contribution in [3.05, 3.63) is 127 Å². The number of fused-ring (bicyclic) bond motifs is 1. The Labute approximate surface area is 278 Å². The number of thiazole rings is 1. The van der Waals surface area contributed by atoms with E-state index < -0.39 is 18.0 Å². The van der Waals surface area contributed by atoms with Gasteiger partial charge in [0.25, 0.3) is 5.56 Å². The number of nitrogens with zero attached hydrogens (tertiary/aromatic N) is 2. The van der Waals surface area contributed by atoms with Crippen molar-refractivity contribution in [2.45, 2.75) is 33.4 Å². The third-order valence-corrected chi connectivity index (χ3v) is 9.40. The highest BCUT2D eigenvalue weighted by Crippen LogP contribution is 2.32. The summed E-state index contributed by atoms with van der Waals surface area (Å²) in [7, 11) is 0. The van der Waals surface area contributed by atoms with Gasteiger partial charge >= 0.3 is 11.9 Å². The number of carbonyl (C=O) groups excluding carboxylic acids is 1. The van der Waals surface area contributed by atoms with Gasteiger partial charge in [-0.25, -0.2) is 14.6 Å². The largest absolute Gasteiger partial charge is 0.487 e. The molecule has 0 saturated carbocycles. The summed E-state index contributed by atoms with van der Waals surface area (Å²) < 4.78 is 15.3. The summed E-state index contributed by atoms with van der Waals surface area (Å²) in [6.07, 6.45) is 1.83. The van der Waals surface area contributed by atoms with Gasteiger partial charge in [0.15, 0.2) is 4.80 Å². The molecule has 1 N–H and O–H groups in total. The summed E-state index contributed by atoms with van der Waals surface area (Å²) in [5.41, 5.74) is 4.42. The Balaban J connectivity index is 1.51. The second kappa shape index (κ2) is 13.1. The smallest absolute Gasteiger partial charge is 0.338 e. The van der Waals surface area contributed by atoms with Crippen molar-refractivity contribution in [2.75, 3.05) is 6.61 Å². The molecule has 3 aromatic carbocycles. The fourth-order valence-electron chi connectivity index (χ4n) is 4.71. The first kappa shape index (κ1) is 31.1. The number of carbonyl (C=O) groups is 2. The van der Waals surface area contributed by atoms with E-state index in [-0.39, 0.29) is 24.3 Å². The molecule has 0 fully saturated rings. The summed E-state index contributed by atoms with van der Waals surface area (Å²) in [5, 5.41) is 9.11. The molecule has 1 aliphatic rings. The van der Waals surface area contributed by atoms with Gasteiger partial charge in [-0.1, -0.05) is 53.3 Å². The second-order valence-electron chi connectivity index (χ2n) is 9.82. The van der Waals surface area contributed by atoms with Gasteiger partial charge < -0.3 is 14.6 Å². The lowest BCUT2D eigenvalue weighted by molar-refractivity contribution is -0.139. The molecule has 0 aliphatic carbocycles. The van der Waals surface area contributed by atoms with Crippen LogP contribution in [0, 0.1) is 14.1 Å². The molecule has 43 heavy (non-hydrogen) atoms. The Kier molecular flexibility index (Phi) is 9.51. The number of esters is 1. The van der Waals surface area contributed by atoms with Crippen LogP contribution in [0.15, 0.2) is 81.7 Å². The van der Waals surface area contributed by atoms with Gasteiger partial charge in [0.1, 0.15) is 12.4 Å². The lowest BCUT2D eigenvalue weighted by Gasteiger charge is -2.24. The molecule has 220 valence electrons. The number of carboxylic acids is 1. The zero-order valence-corrected chi connectivity index (χ0v) is 28.5. The molecule has 0 saturated heterocycles. The van der Waals surface area contributed by atoms with Crippen molar-refractivity contribution in [2.24, 2.45) is 4.99 Å². The molecular weight excluding hydrogens is 794 g/mol. The number of ether oxygens (including phenoxy) is 2. The van der Waals surface area contributed by atoms with Crippen LogP contribution in [0.4, 0.5) is 0 Å². The van der Waals surface area contributed by atoms with E-state index in [9.17, 15) is 14.4 Å². The first-order valence-corrected chi connectivity index (χ1v) is 16.2. The maximum atomic E-state index is 13.9. The maximum Gasteiger partial charge on any atom is 0.338 e. The number of allylic oxidation sites excluding steroid dienone is 1. The zero-order valence-electron chi connectivity index (χ0n) is 23.4. The van der Waals surface area contributed by atoms with E-state index in [4.69, 9.17) is 14.6 Å². The maximum absolute atomic E-state index is 13.9. The number of rotatable bonds is 8. The highest BCUT2D eigenvalue weighted by Gasteiger charge is 2.33. The first-order valence-electron chi connectivity index (χ1n) is 13.3. The van der Waals surface area contributed by atoms with Crippen molar-refractivity contribution in [1.82, 2.24) is 4.57 Å². The third-order valence-electron chi connectivity index (χ3n) is 6.81. The average molecular weight is 820 g/mol. The van der Waals surface area contributed by atoms with Gasteiger partial charge in [-0.05, 0) is 113 Å². The van der Waals surface area contributed by atoms with Crippen LogP contribution in [-0.4, -0.2) is 28.2 Å². The number of carboxylic acid groups (broad SMARTS) is 1. The number of benzene rings is 3. The van der Waals surface area contributed by atoms with E-state index in [1.54, 1.807) is 42.7 Å². The lowest BCUT2D eigenvalue weighted by atomic mass is 9.95. The molecule has 1 aliphatic heterocycles. The first-order chi connectivity index (χ1) is 20.6. The van der Waals surface area contributed by atoms with E-state index in [0.29, 0.717) is 26.4 Å². The van der Waals surface area contributed by atoms with Gasteiger partial charge in [0, 0.05) is 0 Å². The molecule has 11 heteroatoms. The Morgan fingerprint density at radius 3 is 2.30 bits per heavy atom. The minimum Gasteiger partial charge on any atom is -0.487 e. The number of halogens is 2. The van der Waals surface area contributed by atoms with Crippen LogP contribution in [-0.2, 0) is 16.1 Å². The minimum absolute atomic E-state index is 0.217. The molecule has 1 aromatic heterocycles. The molecule has 0 amide bonds. The molecule has 0 bridgehead atoms. The molecule has 5 rings (SSSR count). The zero-order chi connectivity index (χ0) is 30.8. The lowest BCUT2D eigenvalue weighted by Crippen LogP contribution is -2.39. The van der Waals surface area contributed by atoms with Gasteiger partial charge in [0.2, 0.25) is 0 Å². The molecule has 0 radical (unpaired) electrons. The quantitative estimate of drug-likeness (QED) is 0.184. The molecule has 2 heterocycles. The van der Waals surface area contributed by atoms with Crippen molar-refractivity contribution in [1.29, 1.82) is 0 Å². The van der Waals surface area contributed by atoms with Gasteiger partial charge in [0.05, 0.1) is 41.2 Å². The number of aromatic carboxylic acids is 1. The molecule has 4 aromatic rings. The van der Waals surface area contributed by atoms with Gasteiger partial charge in [-0.15, -0.1) is 0 Å². The highest BCUT2D eigenvalue weighted by atomic mass is 127. The Bertz CT molecular complexity index is 1920. The van der Waals surface area contributed by atoms with Crippen LogP contribution in [0.3, 0.4) is 0 Å². The predicted octanol–water partition coefficient (Wildman–Crippen LogP) is 5.59. The molecule has 0 unspecified atom stereocenters. The topological polar surface area (TPSA) is 107 Å². The van der Waals surface area contributed by atoms with E-state index in [1.165, 1.54) is 11.3 Å². The summed E-state index contributed by atoms with van der Waals surface area (Å²) in [6.45, 7) is 6.01. The monoisotopic (exact) mass is 820 g/mol. The van der Waals surface area contributed by atoms with Crippen LogP contribution in [0.25, 0.3) is 6.08 Å². The normalized spacial score (nSPS) is 14.7. The predicted molar refractivity (Wildman–Crippen MR) is 181 cm³/mol. The summed E-state index contributed by atoms with van der Waals surface area (Å²) in [5.74, 6) is -0.753. The van der Waals surface area contributed by atoms with E-state index >= 15 is 0 Å². The number of hydrogen-bond donors (Lipinski definition) is 1. The van der Waals surface area contributed by atoms with Crippen LogP contribution >= 0.6 is 56.5 Å². The van der Waals surface area contributed by atoms with Gasteiger partial charge in [-0.2, -0.15) is 0 Å². The highest BCUT2D eigenvalue weighted by molar-refractivity contribution is 14.1. The van der Waals surface area contributed by atoms with E-state index in [0.717, 1.165) is 29.4 Å². The molecule has 0 spiro atoms. The third kappa shape index (κ3) is 6.63. The van der Waals surface area contributed by atoms with E-state index in [2.05, 4.69) is 50.2 Å². The van der Waals surface area contributed by atoms with Crippen LogP contribution in [0.5, 0.6) is 5.75 Å². The number of aromatic nitrogens is 1. The molecular formula is C32H26I2N2O6S. The molecule has 1 atom stereocenters. The standard InChI is InChI=1S/C32H26I2N2O6S/c1-4-41-31(40)26-18(3)35-32-36(27(26)21-9-5-17(2)6-10-21)29(37)25(43-32)15-20-13-23(33)28(24(34)14-20)42-16-19-7-11-22(12-8-19)30(38)39/h5-15,27H,4,16H2,1-3H3,(H,38,39)/b25-15+/t27-/m1/s1. The second-order valence-corrected chi connectivity index (χ2v) is 13.2. The van der Waals surface area contributed by atoms with Crippen LogP contribution in [0.1, 0.15) is 52.5 Å². The minimum atomic E-state index is -0.972. The summed E-state index contributed by atoms with van der Waals surface area (Å²) in [6, 6.07) is 17.6. The Hall–Kier alpha value is -3.30. The van der Waals surface area contributed by atoms with Crippen molar-refractivity contribution >= 4 is 74.5 Å². The Morgan fingerprint density at radius 2 is 1.70 bits per heavy atom. The average Bonchev–Trinajstić information content (AvgIpc) is 3.26. The van der Waals surface area contributed by atoms with Crippen LogP contribution < -0.4 is 19.6 Å². The fraction of sp³-hybridized carbons (Fsp3) is 0.188. The van der Waals surface area contributed by atoms with Crippen molar-refractivity contribution < 1.29 is 24.2 Å². The van der Waals surface area contributed by atoms with Crippen LogP contribution in [0.2, 0.25) is 0 Å². The van der Waals surface area contributed by atoms with Crippen molar-refractivity contribution in [3.8, 4) is 5.75 Å². The number of aryl methyl sites for hydroxylation is 1.